The molecule has 0 aromatic heterocycles. The summed E-state index contributed by atoms with van der Waals surface area (Å²) in [6.07, 6.45) is 0. The van der Waals surface area contributed by atoms with Gasteiger partial charge in [-0.05, 0) is 37.1 Å². The maximum absolute atomic E-state index is 12.8. The van der Waals surface area contributed by atoms with Gasteiger partial charge in [0.15, 0.2) is 0 Å². The molecule has 0 radical (unpaired) electrons. The highest BCUT2D eigenvalue weighted by Gasteiger charge is 2.26. The molecule has 0 heterocycles. The van der Waals surface area contributed by atoms with Gasteiger partial charge in [-0.15, -0.1) is 11.6 Å². The lowest BCUT2D eigenvalue weighted by Gasteiger charge is -2.22. The van der Waals surface area contributed by atoms with Gasteiger partial charge in [-0.1, -0.05) is 18.5 Å². The van der Waals surface area contributed by atoms with Crippen LogP contribution >= 0.6 is 23.2 Å². The van der Waals surface area contributed by atoms with Gasteiger partial charge in [0.2, 0.25) is 10.0 Å². The van der Waals surface area contributed by atoms with Crippen molar-refractivity contribution in [1.29, 1.82) is 0 Å². The Morgan fingerprint density at radius 2 is 1.95 bits per heavy atom. The number of halogens is 2. The Kier molecular flexibility index (Phi) is 7.44. The van der Waals surface area contributed by atoms with Gasteiger partial charge in [-0.3, -0.25) is 0 Å². The molecule has 4 nitrogen and oxygen atoms in total. The van der Waals surface area contributed by atoms with Crippen molar-refractivity contribution in [3.05, 3.63) is 28.3 Å². The van der Waals surface area contributed by atoms with Crippen LogP contribution in [-0.2, 0) is 20.6 Å². The zero-order chi connectivity index (χ0) is 16.0. The fourth-order valence-corrected chi connectivity index (χ4v) is 4.32. The minimum absolute atomic E-state index is 0.212. The summed E-state index contributed by atoms with van der Waals surface area (Å²) < 4.78 is 32.2. The summed E-state index contributed by atoms with van der Waals surface area (Å²) in [6, 6.07) is 3.17. The summed E-state index contributed by atoms with van der Waals surface area (Å²) in [5.41, 5.74) is 1.37. The SMILES string of the molecule is CCOCCN(CC)S(=O)(=O)c1cc(Cl)cc(CCl)c1C. The quantitative estimate of drug-likeness (QED) is 0.531. The second kappa shape index (κ2) is 8.34. The van der Waals surface area contributed by atoms with Gasteiger partial charge in [0.25, 0.3) is 0 Å². The Balaban J connectivity index is 3.19. The monoisotopic (exact) mass is 353 g/mol. The van der Waals surface area contributed by atoms with E-state index in [9.17, 15) is 8.42 Å². The predicted octanol–water partition coefficient (Wildman–Crippen LogP) is 3.43. The number of ether oxygens (including phenoxy) is 1. The fourth-order valence-electron chi connectivity index (χ4n) is 2.01. The highest BCUT2D eigenvalue weighted by Crippen LogP contribution is 2.27. The summed E-state index contributed by atoms with van der Waals surface area (Å²) in [4.78, 5) is 0.212. The average molecular weight is 354 g/mol. The number of likely N-dealkylation sites (N-methyl/N-ethyl adjacent to an activating group) is 1. The van der Waals surface area contributed by atoms with E-state index in [1.165, 1.54) is 10.4 Å². The van der Waals surface area contributed by atoms with E-state index in [2.05, 4.69) is 0 Å². The Bertz CT molecular complexity index is 576. The molecule has 0 bridgehead atoms. The van der Waals surface area contributed by atoms with E-state index in [4.69, 9.17) is 27.9 Å². The lowest BCUT2D eigenvalue weighted by atomic mass is 10.1. The molecule has 7 heteroatoms. The molecule has 0 amide bonds. The molecule has 0 spiro atoms. The van der Waals surface area contributed by atoms with Gasteiger partial charge < -0.3 is 4.74 Å². The lowest BCUT2D eigenvalue weighted by molar-refractivity contribution is 0.135. The van der Waals surface area contributed by atoms with Crippen LogP contribution in [0, 0.1) is 6.92 Å². The van der Waals surface area contributed by atoms with Crippen LogP contribution in [-0.4, -0.2) is 39.0 Å². The van der Waals surface area contributed by atoms with Crippen LogP contribution in [0.4, 0.5) is 0 Å². The number of alkyl halides is 1. The van der Waals surface area contributed by atoms with Gasteiger partial charge in [0.1, 0.15) is 0 Å². The van der Waals surface area contributed by atoms with Crippen LogP contribution < -0.4 is 0 Å². The first-order chi connectivity index (χ1) is 9.88. The molecular weight excluding hydrogens is 333 g/mol. The minimum atomic E-state index is -3.61. The molecule has 0 aliphatic carbocycles. The zero-order valence-electron chi connectivity index (χ0n) is 12.5. The molecule has 0 atom stereocenters. The summed E-state index contributed by atoms with van der Waals surface area (Å²) in [5, 5.41) is 0.371. The highest BCUT2D eigenvalue weighted by atomic mass is 35.5. The molecule has 1 rings (SSSR count). The van der Waals surface area contributed by atoms with E-state index in [-0.39, 0.29) is 10.8 Å². The summed E-state index contributed by atoms with van der Waals surface area (Å²) >= 11 is 11.9. The van der Waals surface area contributed by atoms with E-state index in [1.54, 1.807) is 19.9 Å². The van der Waals surface area contributed by atoms with E-state index < -0.39 is 10.0 Å². The molecule has 1 aromatic rings. The molecule has 0 saturated heterocycles. The number of hydrogen-bond donors (Lipinski definition) is 0. The second-order valence-corrected chi connectivity index (χ2v) is 7.13. The first kappa shape index (κ1) is 18.7. The van der Waals surface area contributed by atoms with Gasteiger partial charge in [-0.25, -0.2) is 8.42 Å². The Hall–Kier alpha value is -0.330. The van der Waals surface area contributed by atoms with Crippen LogP contribution in [0.25, 0.3) is 0 Å². The van der Waals surface area contributed by atoms with Gasteiger partial charge in [-0.2, -0.15) is 4.31 Å². The molecule has 0 unspecified atom stereocenters. The van der Waals surface area contributed by atoms with Gasteiger partial charge >= 0.3 is 0 Å². The number of sulfonamides is 1. The van der Waals surface area contributed by atoms with Crippen molar-refractivity contribution in [2.45, 2.75) is 31.5 Å². The Morgan fingerprint density at radius 1 is 1.29 bits per heavy atom. The van der Waals surface area contributed by atoms with Crippen molar-refractivity contribution in [3.8, 4) is 0 Å². The molecule has 0 N–H and O–H groups in total. The number of nitrogens with zero attached hydrogens (tertiary/aromatic N) is 1. The van der Waals surface area contributed by atoms with Crippen LogP contribution in [0.15, 0.2) is 17.0 Å². The summed E-state index contributed by atoms with van der Waals surface area (Å²) in [5.74, 6) is 0.222. The van der Waals surface area contributed by atoms with Crippen LogP contribution in [0.1, 0.15) is 25.0 Å². The molecule has 120 valence electrons. The fraction of sp³-hybridized carbons (Fsp3) is 0.571. The topological polar surface area (TPSA) is 46.6 Å². The van der Waals surface area contributed by atoms with Gasteiger partial charge in [0.05, 0.1) is 11.5 Å². The average Bonchev–Trinajstić information content (AvgIpc) is 2.45. The third kappa shape index (κ3) is 4.57. The third-order valence-corrected chi connectivity index (χ3v) is 5.84. The zero-order valence-corrected chi connectivity index (χ0v) is 14.9. The minimum Gasteiger partial charge on any atom is -0.380 e. The smallest absolute Gasteiger partial charge is 0.243 e. The number of benzene rings is 1. The largest absolute Gasteiger partial charge is 0.380 e. The predicted molar refractivity (Wildman–Crippen MR) is 86.7 cm³/mol. The van der Waals surface area contributed by atoms with Crippen LogP contribution in [0.3, 0.4) is 0 Å². The van der Waals surface area contributed by atoms with Crippen molar-refractivity contribution < 1.29 is 13.2 Å². The molecule has 0 fully saturated rings. The molecule has 1 aromatic carbocycles. The Morgan fingerprint density at radius 3 is 2.48 bits per heavy atom. The van der Waals surface area contributed by atoms with Crippen molar-refractivity contribution >= 4 is 33.2 Å². The number of rotatable bonds is 8. The molecular formula is C14H21Cl2NO3S. The standard InChI is InChI=1S/C14H21Cl2NO3S/c1-4-17(6-7-20-5-2)21(18,19)14-9-13(16)8-12(10-15)11(14)3/h8-9H,4-7,10H2,1-3H3. The third-order valence-electron chi connectivity index (χ3n) is 3.24. The first-order valence-corrected chi connectivity index (χ1v) is 9.16. The molecule has 0 saturated carbocycles. The first-order valence-electron chi connectivity index (χ1n) is 6.81. The van der Waals surface area contributed by atoms with Gasteiger partial charge in [0, 0.05) is 30.6 Å². The van der Waals surface area contributed by atoms with E-state index >= 15 is 0 Å². The van der Waals surface area contributed by atoms with Crippen molar-refractivity contribution in [2.24, 2.45) is 0 Å². The normalized spacial score (nSPS) is 12.1. The number of hydrogen-bond acceptors (Lipinski definition) is 3. The summed E-state index contributed by atoms with van der Waals surface area (Å²) in [7, 11) is -3.61. The maximum Gasteiger partial charge on any atom is 0.243 e. The summed E-state index contributed by atoms with van der Waals surface area (Å²) in [6.45, 7) is 7.03. The van der Waals surface area contributed by atoms with Crippen molar-refractivity contribution in [3.63, 3.8) is 0 Å². The van der Waals surface area contributed by atoms with E-state index in [1.807, 2.05) is 6.92 Å². The lowest BCUT2D eigenvalue weighted by Crippen LogP contribution is -2.34. The maximum atomic E-state index is 12.8. The van der Waals surface area contributed by atoms with Crippen molar-refractivity contribution in [2.75, 3.05) is 26.3 Å². The van der Waals surface area contributed by atoms with Crippen molar-refractivity contribution in [1.82, 2.24) is 4.31 Å². The molecule has 21 heavy (non-hydrogen) atoms. The molecule has 0 aliphatic rings. The second-order valence-electron chi connectivity index (χ2n) is 4.52. The highest BCUT2D eigenvalue weighted by molar-refractivity contribution is 7.89. The Labute approximate surface area is 137 Å². The van der Waals surface area contributed by atoms with Crippen LogP contribution in [0.5, 0.6) is 0 Å². The molecule has 0 aliphatic heterocycles. The van der Waals surface area contributed by atoms with E-state index in [0.29, 0.717) is 36.9 Å². The van der Waals surface area contributed by atoms with Crippen LogP contribution in [0.2, 0.25) is 5.02 Å². The van der Waals surface area contributed by atoms with E-state index in [0.717, 1.165) is 5.56 Å².